The molecule has 4 nitrogen and oxygen atoms in total. The highest BCUT2D eigenvalue weighted by Crippen LogP contribution is 2.30. The molecule has 0 spiro atoms. The number of nitrogens with two attached hydrogens (primary N) is 1. The number of halogens is 2. The molecule has 106 valence electrons. The Morgan fingerprint density at radius 3 is 2.26 bits per heavy atom. The molecule has 1 aliphatic heterocycles. The zero-order valence-electron chi connectivity index (χ0n) is 10.5. The van der Waals surface area contributed by atoms with Crippen LogP contribution in [0, 0.1) is 0 Å². The number of piperidine rings is 1. The van der Waals surface area contributed by atoms with Crippen LogP contribution in [-0.4, -0.2) is 30.0 Å². The number of benzene rings is 1. The summed E-state index contributed by atoms with van der Waals surface area (Å²) >= 11 is 8.25. The Labute approximate surface area is 126 Å². The van der Waals surface area contributed by atoms with Gasteiger partial charge in [-0.25, -0.2) is 0 Å². The molecule has 0 aromatic heterocycles. The van der Waals surface area contributed by atoms with Gasteiger partial charge in [0.2, 0.25) is 5.91 Å². The van der Waals surface area contributed by atoms with Gasteiger partial charge in [0.15, 0.2) is 0 Å². The van der Waals surface area contributed by atoms with Gasteiger partial charge in [0.05, 0.1) is 5.60 Å². The maximum Gasteiger partial charge on any atom is 0.232 e. The number of nitrogens with one attached hydrogen (secondary N) is 1. The Kier molecular flexibility index (Phi) is 6.79. The fourth-order valence-electron chi connectivity index (χ4n) is 1.89. The van der Waals surface area contributed by atoms with E-state index in [2.05, 4.69) is 27.0 Å². The van der Waals surface area contributed by atoms with Crippen molar-refractivity contribution >= 4 is 33.4 Å². The first-order valence-corrected chi connectivity index (χ1v) is 7.34. The molecule has 1 aromatic rings. The molecule has 1 amide bonds. The second-order valence-corrected chi connectivity index (χ2v) is 5.57. The Morgan fingerprint density at radius 1 is 1.37 bits per heavy atom. The smallest absolute Gasteiger partial charge is 0.232 e. The van der Waals surface area contributed by atoms with Gasteiger partial charge < -0.3 is 16.2 Å². The second kappa shape index (κ2) is 7.85. The van der Waals surface area contributed by atoms with Crippen molar-refractivity contribution in [2.45, 2.75) is 18.4 Å². The summed E-state index contributed by atoms with van der Waals surface area (Å²) in [5.74, 6) is -0.563. The van der Waals surface area contributed by atoms with Gasteiger partial charge in [-0.15, -0.1) is 11.6 Å². The largest absolute Gasteiger partial charge is 0.385 e. The standard InChI is InChI=1S/C11H14BrNO.C2H4ClNO/c12-10-3-1-9(2-4-10)11(14)5-7-13-8-6-11;3-1-2(4)5/h1-4,13-14H,5-8H2;1H2,(H2,4,5). The molecule has 6 heteroatoms. The van der Waals surface area contributed by atoms with Crippen LogP contribution in [0.4, 0.5) is 0 Å². The topological polar surface area (TPSA) is 75.4 Å². The monoisotopic (exact) mass is 348 g/mol. The van der Waals surface area contributed by atoms with Crippen LogP contribution in [0.15, 0.2) is 28.7 Å². The predicted molar refractivity (Wildman–Crippen MR) is 80.1 cm³/mol. The van der Waals surface area contributed by atoms with Crippen molar-refractivity contribution in [1.82, 2.24) is 5.32 Å². The van der Waals surface area contributed by atoms with E-state index in [1.807, 2.05) is 24.3 Å². The van der Waals surface area contributed by atoms with E-state index in [1.54, 1.807) is 0 Å². The minimum Gasteiger partial charge on any atom is -0.385 e. The van der Waals surface area contributed by atoms with Gasteiger partial charge in [-0.05, 0) is 43.6 Å². The van der Waals surface area contributed by atoms with Crippen molar-refractivity contribution in [3.05, 3.63) is 34.3 Å². The summed E-state index contributed by atoms with van der Waals surface area (Å²) in [5, 5.41) is 13.6. The molecular formula is C13H18BrClN2O2. The number of rotatable bonds is 2. The van der Waals surface area contributed by atoms with Crippen LogP contribution in [-0.2, 0) is 10.4 Å². The number of hydrogen-bond donors (Lipinski definition) is 3. The van der Waals surface area contributed by atoms with Crippen LogP contribution in [0.1, 0.15) is 18.4 Å². The van der Waals surface area contributed by atoms with Gasteiger partial charge in [0.1, 0.15) is 5.88 Å². The van der Waals surface area contributed by atoms with E-state index in [-0.39, 0.29) is 5.88 Å². The average Bonchev–Trinajstić information content (AvgIpc) is 2.41. The minimum atomic E-state index is -0.619. The van der Waals surface area contributed by atoms with Crippen molar-refractivity contribution in [3.63, 3.8) is 0 Å². The van der Waals surface area contributed by atoms with Crippen LogP contribution in [0.2, 0.25) is 0 Å². The lowest BCUT2D eigenvalue weighted by Gasteiger charge is -2.33. The van der Waals surface area contributed by atoms with E-state index >= 15 is 0 Å². The molecular weight excluding hydrogens is 332 g/mol. The highest BCUT2D eigenvalue weighted by atomic mass is 79.9. The Bertz CT molecular complexity index is 406. The molecule has 2 rings (SSSR count). The van der Waals surface area contributed by atoms with Crippen molar-refractivity contribution in [2.75, 3.05) is 19.0 Å². The molecule has 1 aliphatic rings. The van der Waals surface area contributed by atoms with Crippen molar-refractivity contribution in [1.29, 1.82) is 0 Å². The molecule has 0 bridgehead atoms. The van der Waals surface area contributed by atoms with Crippen molar-refractivity contribution < 1.29 is 9.90 Å². The van der Waals surface area contributed by atoms with Gasteiger partial charge in [-0.1, -0.05) is 28.1 Å². The zero-order valence-corrected chi connectivity index (χ0v) is 12.9. The number of amides is 1. The fourth-order valence-corrected chi connectivity index (χ4v) is 2.15. The highest BCUT2D eigenvalue weighted by Gasteiger charge is 2.30. The molecule has 1 heterocycles. The maximum absolute atomic E-state index is 10.4. The Morgan fingerprint density at radius 2 is 1.84 bits per heavy atom. The molecule has 19 heavy (non-hydrogen) atoms. The lowest BCUT2D eigenvalue weighted by atomic mass is 9.85. The summed E-state index contributed by atoms with van der Waals surface area (Å²) in [6.07, 6.45) is 1.60. The lowest BCUT2D eigenvalue weighted by Crippen LogP contribution is -2.39. The normalized spacial score (nSPS) is 17.2. The average molecular weight is 350 g/mol. The number of carbonyl (C=O) groups is 1. The van der Waals surface area contributed by atoms with Crippen LogP contribution in [0.3, 0.4) is 0 Å². The second-order valence-electron chi connectivity index (χ2n) is 4.39. The van der Waals surface area contributed by atoms with Crippen molar-refractivity contribution in [2.24, 2.45) is 5.73 Å². The SMILES string of the molecule is NC(=O)CCl.OC1(c2ccc(Br)cc2)CCNCC1. The molecule has 1 aromatic carbocycles. The molecule has 4 N–H and O–H groups in total. The molecule has 0 saturated carbocycles. The predicted octanol–water partition coefficient (Wildman–Crippen LogP) is 1.73. The number of hydrogen-bond acceptors (Lipinski definition) is 3. The van der Waals surface area contributed by atoms with Gasteiger partial charge >= 0.3 is 0 Å². The van der Waals surface area contributed by atoms with Crippen molar-refractivity contribution in [3.8, 4) is 0 Å². The van der Waals surface area contributed by atoms with E-state index in [1.165, 1.54) is 0 Å². The summed E-state index contributed by atoms with van der Waals surface area (Å²) in [5.41, 5.74) is 4.93. The Hall–Kier alpha value is -0.620. The summed E-state index contributed by atoms with van der Waals surface area (Å²) in [4.78, 5) is 9.46. The molecule has 0 atom stereocenters. The van der Waals surface area contributed by atoms with Gasteiger partial charge in [0, 0.05) is 4.47 Å². The molecule has 1 saturated heterocycles. The van der Waals surface area contributed by atoms with E-state index < -0.39 is 11.5 Å². The number of carbonyl (C=O) groups excluding carboxylic acids is 1. The third-order valence-corrected chi connectivity index (χ3v) is 3.74. The summed E-state index contributed by atoms with van der Waals surface area (Å²) < 4.78 is 1.05. The van der Waals surface area contributed by atoms with Gasteiger partial charge in [0.25, 0.3) is 0 Å². The lowest BCUT2D eigenvalue weighted by molar-refractivity contribution is -0.115. The van der Waals surface area contributed by atoms with Gasteiger partial charge in [-0.3, -0.25) is 4.79 Å². The van der Waals surface area contributed by atoms with E-state index in [0.717, 1.165) is 36.0 Å². The summed E-state index contributed by atoms with van der Waals surface area (Å²) in [7, 11) is 0. The van der Waals surface area contributed by atoms with E-state index in [9.17, 15) is 9.90 Å². The quantitative estimate of drug-likeness (QED) is 0.712. The van der Waals surface area contributed by atoms with Crippen LogP contribution in [0.25, 0.3) is 0 Å². The first-order chi connectivity index (χ1) is 8.98. The summed E-state index contributed by atoms with van der Waals surface area (Å²) in [6, 6.07) is 7.95. The zero-order chi connectivity index (χ0) is 14.3. The van der Waals surface area contributed by atoms with Gasteiger partial charge in [-0.2, -0.15) is 0 Å². The number of alkyl halides is 1. The third-order valence-electron chi connectivity index (χ3n) is 2.94. The minimum absolute atomic E-state index is 0.0833. The maximum atomic E-state index is 10.4. The first-order valence-electron chi connectivity index (χ1n) is 6.01. The van der Waals surface area contributed by atoms with E-state index in [0.29, 0.717) is 0 Å². The molecule has 0 unspecified atom stereocenters. The molecule has 0 radical (unpaired) electrons. The summed E-state index contributed by atoms with van der Waals surface area (Å²) in [6.45, 7) is 1.79. The highest BCUT2D eigenvalue weighted by molar-refractivity contribution is 9.10. The fraction of sp³-hybridized carbons (Fsp3) is 0.462. The first kappa shape index (κ1) is 16.4. The van der Waals surface area contributed by atoms with Crippen LogP contribution >= 0.6 is 27.5 Å². The van der Waals surface area contributed by atoms with E-state index in [4.69, 9.17) is 11.6 Å². The Balaban J connectivity index is 0.000000312. The van der Waals surface area contributed by atoms with Crippen LogP contribution in [0.5, 0.6) is 0 Å². The van der Waals surface area contributed by atoms with Crippen LogP contribution < -0.4 is 11.1 Å². The third kappa shape index (κ3) is 5.48. The number of primary amides is 1. The number of aliphatic hydroxyl groups is 1. The molecule has 1 fully saturated rings. The molecule has 0 aliphatic carbocycles.